The Morgan fingerprint density at radius 1 is 1.30 bits per heavy atom. The predicted octanol–water partition coefficient (Wildman–Crippen LogP) is 2.46. The van der Waals surface area contributed by atoms with Gasteiger partial charge in [0, 0.05) is 25.4 Å². The van der Waals surface area contributed by atoms with Crippen LogP contribution in [0.1, 0.15) is 23.7 Å². The Morgan fingerprint density at radius 3 is 2.74 bits per heavy atom. The minimum atomic E-state index is -0.0720. The minimum absolute atomic E-state index is 0.0720. The number of amides is 1. The summed E-state index contributed by atoms with van der Waals surface area (Å²) in [6.07, 6.45) is 2.58. The third kappa shape index (κ3) is 2.88. The number of hydrogen-bond acceptors (Lipinski definition) is 4. The molecule has 0 saturated heterocycles. The molecule has 0 aliphatic carbocycles. The molecule has 0 saturated carbocycles. The summed E-state index contributed by atoms with van der Waals surface area (Å²) < 4.78 is 1.57. The van der Waals surface area contributed by atoms with E-state index in [1.165, 1.54) is 0 Å². The highest BCUT2D eigenvalue weighted by atomic mass is 16.2. The van der Waals surface area contributed by atoms with Crippen LogP contribution in [-0.2, 0) is 0 Å². The van der Waals surface area contributed by atoms with Crippen molar-refractivity contribution in [2.45, 2.75) is 13.3 Å². The Hall–Kier alpha value is -2.89. The molecule has 0 aliphatic heterocycles. The van der Waals surface area contributed by atoms with E-state index in [1.807, 2.05) is 37.3 Å². The smallest absolute Gasteiger partial charge is 0.255 e. The molecule has 1 aromatic carbocycles. The van der Waals surface area contributed by atoms with Gasteiger partial charge in [-0.3, -0.25) is 4.79 Å². The molecule has 0 unspecified atom stereocenters. The van der Waals surface area contributed by atoms with Gasteiger partial charge in [-0.25, -0.2) is 9.50 Å². The van der Waals surface area contributed by atoms with Crippen molar-refractivity contribution in [3.63, 3.8) is 0 Å². The molecule has 0 bridgehead atoms. The lowest BCUT2D eigenvalue weighted by atomic mass is 10.2. The average molecular weight is 309 g/mol. The monoisotopic (exact) mass is 309 g/mol. The number of benzene rings is 1. The van der Waals surface area contributed by atoms with Crippen molar-refractivity contribution < 1.29 is 4.79 Å². The maximum absolute atomic E-state index is 12.4. The normalized spacial score (nSPS) is 10.9. The SMILES string of the molecule is CCCN(C)C(=O)c1cc(N)c2nc(-c3ccccc3)nn2c1. The minimum Gasteiger partial charge on any atom is -0.396 e. The van der Waals surface area contributed by atoms with E-state index < -0.39 is 0 Å². The molecule has 1 amide bonds. The van der Waals surface area contributed by atoms with Gasteiger partial charge in [-0.05, 0) is 12.5 Å². The van der Waals surface area contributed by atoms with Gasteiger partial charge in [-0.2, -0.15) is 0 Å². The highest BCUT2D eigenvalue weighted by Crippen LogP contribution is 2.20. The van der Waals surface area contributed by atoms with E-state index in [9.17, 15) is 4.79 Å². The van der Waals surface area contributed by atoms with E-state index in [2.05, 4.69) is 10.1 Å². The van der Waals surface area contributed by atoms with Crippen molar-refractivity contribution in [2.24, 2.45) is 0 Å². The molecule has 23 heavy (non-hydrogen) atoms. The Morgan fingerprint density at radius 2 is 2.04 bits per heavy atom. The standard InChI is InChI=1S/C17H19N5O/c1-3-9-21(2)17(23)13-10-14(18)16-19-15(20-22(16)11-13)12-7-5-4-6-8-12/h4-8,10-11H,3,9,18H2,1-2H3. The molecular weight excluding hydrogens is 290 g/mol. The highest BCUT2D eigenvalue weighted by molar-refractivity contribution is 5.95. The van der Waals surface area contributed by atoms with Gasteiger partial charge in [-0.1, -0.05) is 37.3 Å². The number of hydrogen-bond donors (Lipinski definition) is 1. The molecule has 6 heteroatoms. The second kappa shape index (κ2) is 6.08. The zero-order valence-corrected chi connectivity index (χ0v) is 13.2. The zero-order valence-electron chi connectivity index (χ0n) is 13.2. The van der Waals surface area contributed by atoms with Crippen LogP contribution in [0.2, 0.25) is 0 Å². The van der Waals surface area contributed by atoms with Gasteiger partial charge in [0.05, 0.1) is 11.3 Å². The second-order valence-electron chi connectivity index (χ2n) is 5.48. The van der Waals surface area contributed by atoms with E-state index >= 15 is 0 Å². The quantitative estimate of drug-likeness (QED) is 0.803. The van der Waals surface area contributed by atoms with E-state index in [1.54, 1.807) is 28.7 Å². The topological polar surface area (TPSA) is 76.5 Å². The van der Waals surface area contributed by atoms with Crippen molar-refractivity contribution in [3.05, 3.63) is 48.2 Å². The summed E-state index contributed by atoms with van der Waals surface area (Å²) in [4.78, 5) is 18.6. The highest BCUT2D eigenvalue weighted by Gasteiger charge is 2.15. The molecule has 2 heterocycles. The zero-order chi connectivity index (χ0) is 16.4. The number of rotatable bonds is 4. The number of carbonyl (C=O) groups excluding carboxylic acids is 1. The first-order valence-electron chi connectivity index (χ1n) is 7.57. The summed E-state index contributed by atoms with van der Waals surface area (Å²) in [6, 6.07) is 11.3. The first kappa shape index (κ1) is 15.0. The summed E-state index contributed by atoms with van der Waals surface area (Å²) in [6.45, 7) is 2.73. The Labute approximate surface area is 134 Å². The number of nitrogen functional groups attached to an aromatic ring is 1. The van der Waals surface area contributed by atoms with Crippen LogP contribution in [0, 0.1) is 0 Å². The van der Waals surface area contributed by atoms with Crippen LogP contribution in [0.3, 0.4) is 0 Å². The molecule has 0 atom stereocenters. The lowest BCUT2D eigenvalue weighted by Crippen LogP contribution is -2.27. The third-order valence-corrected chi connectivity index (χ3v) is 3.65. The largest absolute Gasteiger partial charge is 0.396 e. The summed E-state index contributed by atoms with van der Waals surface area (Å²) in [5, 5.41) is 4.45. The molecule has 6 nitrogen and oxygen atoms in total. The molecule has 0 spiro atoms. The Kier molecular flexibility index (Phi) is 3.97. The molecular formula is C17H19N5O. The van der Waals surface area contributed by atoms with Crippen molar-refractivity contribution in [3.8, 4) is 11.4 Å². The number of anilines is 1. The summed E-state index contributed by atoms with van der Waals surface area (Å²) in [5.74, 6) is 0.515. The molecule has 3 rings (SSSR count). The Bertz CT molecular complexity index is 841. The first-order valence-corrected chi connectivity index (χ1v) is 7.57. The number of aromatic nitrogens is 3. The number of carbonyl (C=O) groups is 1. The fourth-order valence-corrected chi connectivity index (χ4v) is 2.50. The van der Waals surface area contributed by atoms with Crippen LogP contribution >= 0.6 is 0 Å². The van der Waals surface area contributed by atoms with Crippen molar-refractivity contribution in [1.29, 1.82) is 0 Å². The maximum atomic E-state index is 12.4. The van der Waals surface area contributed by atoms with Gasteiger partial charge in [0.15, 0.2) is 11.5 Å². The lowest BCUT2D eigenvalue weighted by molar-refractivity contribution is 0.0794. The molecule has 3 aromatic rings. The van der Waals surface area contributed by atoms with Crippen LogP contribution in [0.15, 0.2) is 42.6 Å². The van der Waals surface area contributed by atoms with Crippen molar-refractivity contribution >= 4 is 17.2 Å². The molecule has 118 valence electrons. The van der Waals surface area contributed by atoms with Gasteiger partial charge < -0.3 is 10.6 Å². The lowest BCUT2D eigenvalue weighted by Gasteiger charge is -2.16. The molecule has 2 aromatic heterocycles. The predicted molar refractivity (Wildman–Crippen MR) is 90.1 cm³/mol. The van der Waals surface area contributed by atoms with E-state index in [4.69, 9.17) is 5.73 Å². The van der Waals surface area contributed by atoms with Crippen LogP contribution in [0.4, 0.5) is 5.69 Å². The van der Waals surface area contributed by atoms with Crippen LogP contribution < -0.4 is 5.73 Å². The number of nitrogens with zero attached hydrogens (tertiary/aromatic N) is 4. The van der Waals surface area contributed by atoms with E-state index in [0.29, 0.717) is 29.3 Å². The Balaban J connectivity index is 2.03. The second-order valence-corrected chi connectivity index (χ2v) is 5.48. The average Bonchev–Trinajstić information content (AvgIpc) is 3.00. The van der Waals surface area contributed by atoms with Gasteiger partial charge in [0.25, 0.3) is 5.91 Å². The van der Waals surface area contributed by atoms with Gasteiger partial charge in [-0.15, -0.1) is 5.10 Å². The summed E-state index contributed by atoms with van der Waals surface area (Å²) in [7, 11) is 1.78. The number of nitrogens with two attached hydrogens (primary N) is 1. The van der Waals surface area contributed by atoms with E-state index in [0.717, 1.165) is 12.0 Å². The van der Waals surface area contributed by atoms with Crippen LogP contribution in [-0.4, -0.2) is 39.0 Å². The van der Waals surface area contributed by atoms with E-state index in [-0.39, 0.29) is 5.91 Å². The van der Waals surface area contributed by atoms with Crippen molar-refractivity contribution in [2.75, 3.05) is 19.3 Å². The van der Waals surface area contributed by atoms with Gasteiger partial charge in [0.1, 0.15) is 0 Å². The molecule has 0 fully saturated rings. The molecule has 0 aliphatic rings. The van der Waals surface area contributed by atoms with Crippen LogP contribution in [0.25, 0.3) is 17.0 Å². The summed E-state index contributed by atoms with van der Waals surface area (Å²) >= 11 is 0. The fraction of sp³-hybridized carbons (Fsp3) is 0.235. The van der Waals surface area contributed by atoms with Crippen molar-refractivity contribution in [1.82, 2.24) is 19.5 Å². The number of fused-ring (bicyclic) bond motifs is 1. The molecule has 0 radical (unpaired) electrons. The third-order valence-electron chi connectivity index (χ3n) is 3.65. The first-order chi connectivity index (χ1) is 11.1. The molecule has 2 N–H and O–H groups in total. The number of pyridine rings is 1. The fourth-order valence-electron chi connectivity index (χ4n) is 2.50. The van der Waals surface area contributed by atoms with Gasteiger partial charge >= 0.3 is 0 Å². The van der Waals surface area contributed by atoms with Crippen LogP contribution in [0.5, 0.6) is 0 Å². The van der Waals surface area contributed by atoms with Gasteiger partial charge in [0.2, 0.25) is 0 Å². The maximum Gasteiger partial charge on any atom is 0.255 e. The summed E-state index contributed by atoms with van der Waals surface area (Å²) in [5.41, 5.74) is 8.48.